The third kappa shape index (κ3) is 7.13. The van der Waals surface area contributed by atoms with E-state index in [0.717, 1.165) is 42.6 Å². The molecule has 2 amide bonds. The van der Waals surface area contributed by atoms with Crippen LogP contribution in [0.4, 0.5) is 0 Å². The fourth-order valence-electron chi connectivity index (χ4n) is 4.01. The van der Waals surface area contributed by atoms with Crippen LogP contribution in [0.5, 0.6) is 11.5 Å². The molecule has 0 unspecified atom stereocenters. The molecule has 0 saturated heterocycles. The van der Waals surface area contributed by atoms with Crippen LogP contribution in [0, 0.1) is 6.92 Å². The van der Waals surface area contributed by atoms with Gasteiger partial charge in [-0.15, -0.1) is 0 Å². The Kier molecular flexibility index (Phi) is 9.01. The molecule has 0 heterocycles. The minimum Gasteiger partial charge on any atom is -0.497 e. The molecule has 6 nitrogen and oxygen atoms in total. The lowest BCUT2D eigenvalue weighted by atomic mass is 9.95. The van der Waals surface area contributed by atoms with Crippen molar-refractivity contribution < 1.29 is 19.1 Å². The average Bonchev–Trinajstić information content (AvgIpc) is 2.83. The number of benzene rings is 2. The van der Waals surface area contributed by atoms with Crippen molar-refractivity contribution in [3.05, 3.63) is 58.6 Å². The number of carbonyl (C=O) groups is 2. The van der Waals surface area contributed by atoms with Crippen LogP contribution < -0.4 is 14.8 Å². The summed E-state index contributed by atoms with van der Waals surface area (Å²) in [6.07, 6.45) is 5.45. The second kappa shape index (κ2) is 11.9. The Morgan fingerprint density at radius 3 is 2.39 bits per heavy atom. The molecule has 1 saturated carbocycles. The van der Waals surface area contributed by atoms with Crippen molar-refractivity contribution in [3.8, 4) is 11.5 Å². The van der Waals surface area contributed by atoms with Crippen molar-refractivity contribution in [1.29, 1.82) is 0 Å². The molecule has 0 aromatic heterocycles. The molecule has 0 aliphatic heterocycles. The molecule has 33 heavy (non-hydrogen) atoms. The van der Waals surface area contributed by atoms with Gasteiger partial charge in [-0.25, -0.2) is 0 Å². The lowest BCUT2D eigenvalue weighted by Crippen LogP contribution is -2.51. The van der Waals surface area contributed by atoms with Crippen molar-refractivity contribution in [2.45, 2.75) is 64.6 Å². The fourth-order valence-corrected chi connectivity index (χ4v) is 4.13. The molecular weight excluding hydrogens is 440 g/mol. The predicted molar refractivity (Wildman–Crippen MR) is 130 cm³/mol. The first-order valence-corrected chi connectivity index (χ1v) is 11.9. The summed E-state index contributed by atoms with van der Waals surface area (Å²) in [5, 5.41) is 3.78. The van der Waals surface area contributed by atoms with Crippen LogP contribution in [0.1, 0.15) is 50.2 Å². The van der Waals surface area contributed by atoms with E-state index in [4.69, 9.17) is 21.1 Å². The Hall–Kier alpha value is -2.73. The Morgan fingerprint density at radius 2 is 1.76 bits per heavy atom. The van der Waals surface area contributed by atoms with E-state index >= 15 is 0 Å². The summed E-state index contributed by atoms with van der Waals surface area (Å²) in [7, 11) is 1.61. The zero-order valence-corrected chi connectivity index (χ0v) is 20.4. The number of nitrogens with zero attached hydrogens (tertiary/aromatic N) is 1. The molecule has 2 aromatic rings. The largest absolute Gasteiger partial charge is 0.497 e. The minimum atomic E-state index is -0.628. The van der Waals surface area contributed by atoms with Gasteiger partial charge in [-0.1, -0.05) is 43.0 Å². The van der Waals surface area contributed by atoms with E-state index in [9.17, 15) is 9.59 Å². The Labute approximate surface area is 201 Å². The van der Waals surface area contributed by atoms with Crippen LogP contribution in [0.15, 0.2) is 42.5 Å². The number of aryl methyl sites for hydroxylation is 1. The quantitative estimate of drug-likeness (QED) is 0.563. The molecule has 2 aromatic carbocycles. The summed E-state index contributed by atoms with van der Waals surface area (Å²) in [5.41, 5.74) is 1.78. The van der Waals surface area contributed by atoms with Crippen molar-refractivity contribution in [3.63, 3.8) is 0 Å². The van der Waals surface area contributed by atoms with Crippen molar-refractivity contribution >= 4 is 23.4 Å². The van der Waals surface area contributed by atoms with Gasteiger partial charge in [0, 0.05) is 17.6 Å². The lowest BCUT2D eigenvalue weighted by Gasteiger charge is -2.31. The van der Waals surface area contributed by atoms with Gasteiger partial charge in [-0.3, -0.25) is 9.59 Å². The number of halogens is 1. The Morgan fingerprint density at radius 1 is 1.09 bits per heavy atom. The van der Waals surface area contributed by atoms with Crippen molar-refractivity contribution in [1.82, 2.24) is 10.2 Å². The van der Waals surface area contributed by atoms with Gasteiger partial charge in [0.05, 0.1) is 7.11 Å². The van der Waals surface area contributed by atoms with Crippen LogP contribution >= 0.6 is 11.6 Å². The first-order chi connectivity index (χ1) is 15.9. The third-order valence-electron chi connectivity index (χ3n) is 6.12. The number of carbonyl (C=O) groups excluding carboxylic acids is 2. The highest BCUT2D eigenvalue weighted by molar-refractivity contribution is 6.31. The van der Waals surface area contributed by atoms with Gasteiger partial charge in [0.1, 0.15) is 17.5 Å². The SMILES string of the molecule is COc1ccc(CN(C(=O)COc2ccc(Cl)c(C)c2)[C@@H](C)C(=O)NC2CCCCC2)cc1. The zero-order chi connectivity index (χ0) is 23.8. The first kappa shape index (κ1) is 24.9. The first-order valence-electron chi connectivity index (χ1n) is 11.5. The van der Waals surface area contributed by atoms with Gasteiger partial charge in [-0.05, 0) is 68.1 Å². The summed E-state index contributed by atoms with van der Waals surface area (Å²) in [6.45, 7) is 3.78. The summed E-state index contributed by atoms with van der Waals surface area (Å²) in [5.74, 6) is 0.908. The molecule has 1 aliphatic carbocycles. The second-order valence-corrected chi connectivity index (χ2v) is 9.00. The molecule has 0 spiro atoms. The normalized spacial score (nSPS) is 14.9. The molecule has 1 atom stereocenters. The maximum absolute atomic E-state index is 13.2. The summed E-state index contributed by atoms with van der Waals surface area (Å²) >= 11 is 6.08. The molecule has 178 valence electrons. The van der Waals surface area contributed by atoms with E-state index < -0.39 is 6.04 Å². The Bertz CT molecular complexity index is 942. The number of ether oxygens (including phenoxy) is 2. The maximum atomic E-state index is 13.2. The number of methoxy groups -OCH3 is 1. The number of hydrogen-bond donors (Lipinski definition) is 1. The molecule has 3 rings (SSSR count). The molecule has 0 radical (unpaired) electrons. The maximum Gasteiger partial charge on any atom is 0.261 e. The van der Waals surface area contributed by atoms with Crippen LogP contribution in [-0.4, -0.2) is 42.5 Å². The molecule has 7 heteroatoms. The highest BCUT2D eigenvalue weighted by Crippen LogP contribution is 2.22. The van der Waals surface area contributed by atoms with Crippen molar-refractivity contribution in [2.24, 2.45) is 0 Å². The number of amides is 2. The summed E-state index contributed by atoms with van der Waals surface area (Å²) < 4.78 is 11.0. The highest BCUT2D eigenvalue weighted by atomic mass is 35.5. The zero-order valence-electron chi connectivity index (χ0n) is 19.6. The summed E-state index contributed by atoms with van der Waals surface area (Å²) in [6, 6.07) is 12.3. The average molecular weight is 473 g/mol. The van der Waals surface area contributed by atoms with Gasteiger partial charge < -0.3 is 19.7 Å². The smallest absolute Gasteiger partial charge is 0.261 e. The summed E-state index contributed by atoms with van der Waals surface area (Å²) in [4.78, 5) is 27.8. The van der Waals surface area contributed by atoms with Crippen LogP contribution in [0.2, 0.25) is 5.02 Å². The van der Waals surface area contributed by atoms with Crippen LogP contribution in [0.3, 0.4) is 0 Å². The molecule has 1 N–H and O–H groups in total. The molecule has 1 aliphatic rings. The van der Waals surface area contributed by atoms with E-state index in [2.05, 4.69) is 5.32 Å². The fraction of sp³-hybridized carbons (Fsp3) is 0.462. The van der Waals surface area contributed by atoms with Gasteiger partial charge >= 0.3 is 0 Å². The van der Waals surface area contributed by atoms with Gasteiger partial charge in [0.2, 0.25) is 5.91 Å². The van der Waals surface area contributed by atoms with E-state index in [1.165, 1.54) is 6.42 Å². The van der Waals surface area contributed by atoms with Gasteiger partial charge in [0.25, 0.3) is 5.91 Å². The minimum absolute atomic E-state index is 0.133. The molecule has 0 bridgehead atoms. The number of hydrogen-bond acceptors (Lipinski definition) is 4. The second-order valence-electron chi connectivity index (χ2n) is 8.59. The van der Waals surface area contributed by atoms with Gasteiger partial charge in [0.15, 0.2) is 6.61 Å². The number of nitrogens with one attached hydrogen (secondary N) is 1. The van der Waals surface area contributed by atoms with E-state index in [0.29, 0.717) is 17.3 Å². The highest BCUT2D eigenvalue weighted by Gasteiger charge is 2.28. The lowest BCUT2D eigenvalue weighted by molar-refractivity contribution is -0.142. The van der Waals surface area contributed by atoms with Crippen molar-refractivity contribution in [2.75, 3.05) is 13.7 Å². The van der Waals surface area contributed by atoms with Crippen LogP contribution in [-0.2, 0) is 16.1 Å². The molecular formula is C26H33ClN2O4. The van der Waals surface area contributed by atoms with E-state index in [1.54, 1.807) is 37.1 Å². The predicted octanol–water partition coefficient (Wildman–Crippen LogP) is 4.90. The third-order valence-corrected chi connectivity index (χ3v) is 6.55. The van der Waals surface area contributed by atoms with Gasteiger partial charge in [-0.2, -0.15) is 0 Å². The molecule has 1 fully saturated rings. The Balaban J connectivity index is 1.71. The number of rotatable bonds is 9. The van der Waals surface area contributed by atoms with E-state index in [1.807, 2.05) is 31.2 Å². The standard InChI is InChI=1S/C26H33ClN2O4/c1-18-15-23(13-14-24(18)27)33-17-25(30)29(16-20-9-11-22(32-3)12-10-20)19(2)26(31)28-21-7-5-4-6-8-21/h9-15,19,21H,4-8,16-17H2,1-3H3,(H,28,31)/t19-/m0/s1. The van der Waals surface area contributed by atoms with E-state index in [-0.39, 0.29) is 24.5 Å². The monoisotopic (exact) mass is 472 g/mol. The topological polar surface area (TPSA) is 67.9 Å². The van der Waals surface area contributed by atoms with Crippen LogP contribution in [0.25, 0.3) is 0 Å².